The number of rotatable bonds is 10. The van der Waals surface area contributed by atoms with Gasteiger partial charge in [-0.15, -0.1) is 0 Å². The summed E-state index contributed by atoms with van der Waals surface area (Å²) in [4.78, 5) is 0. The van der Waals surface area contributed by atoms with Crippen LogP contribution in [-0.4, -0.2) is 47.4 Å². The SMILES string of the molecule is CCCCO[Si](OC)(OC)OCCCC.[SiH4]. The van der Waals surface area contributed by atoms with Gasteiger partial charge >= 0.3 is 9.05 Å². The highest BCUT2D eigenvalue weighted by Crippen LogP contribution is 2.11. The van der Waals surface area contributed by atoms with E-state index < -0.39 is 9.05 Å². The van der Waals surface area contributed by atoms with Gasteiger partial charge in [-0.1, -0.05) is 26.7 Å². The summed E-state index contributed by atoms with van der Waals surface area (Å²) in [5, 5.41) is 0. The molecule has 0 unspecified atom stereocenters. The van der Waals surface area contributed by atoms with Crippen LogP contribution >= 0.6 is 0 Å². The first-order valence-corrected chi connectivity index (χ1v) is 7.26. The Morgan fingerprint density at radius 3 is 1.44 bits per heavy atom. The number of hydrogen-bond acceptors (Lipinski definition) is 4. The van der Waals surface area contributed by atoms with Crippen LogP contribution in [0.2, 0.25) is 0 Å². The van der Waals surface area contributed by atoms with Gasteiger partial charge in [-0.2, -0.15) is 0 Å². The summed E-state index contributed by atoms with van der Waals surface area (Å²) < 4.78 is 21.7. The molecule has 0 fully saturated rings. The fourth-order valence-corrected chi connectivity index (χ4v) is 2.55. The smallest absolute Gasteiger partial charge is 0.355 e. The molecule has 4 nitrogen and oxygen atoms in total. The summed E-state index contributed by atoms with van der Waals surface area (Å²) in [7, 11) is 0.336. The fraction of sp³-hybridized carbons (Fsp3) is 1.00. The molecule has 0 saturated heterocycles. The Kier molecular flexibility index (Phi) is 13.7. The molecule has 0 spiro atoms. The number of hydrogen-bond donors (Lipinski definition) is 0. The highest BCUT2D eigenvalue weighted by molar-refractivity contribution is 6.53. The lowest BCUT2D eigenvalue weighted by Crippen LogP contribution is -2.47. The monoisotopic (exact) mass is 268 g/mol. The molecule has 16 heavy (non-hydrogen) atoms. The molecular weight excluding hydrogens is 240 g/mol. The van der Waals surface area contributed by atoms with Crippen LogP contribution < -0.4 is 0 Å². The molecule has 0 aliphatic carbocycles. The van der Waals surface area contributed by atoms with Gasteiger partial charge in [-0.05, 0) is 23.8 Å². The highest BCUT2D eigenvalue weighted by atomic mass is 28.4. The van der Waals surface area contributed by atoms with Gasteiger partial charge in [0, 0.05) is 27.4 Å². The van der Waals surface area contributed by atoms with E-state index in [4.69, 9.17) is 17.7 Å². The zero-order chi connectivity index (χ0) is 11.6. The van der Waals surface area contributed by atoms with Crippen LogP contribution in [0.4, 0.5) is 0 Å². The molecule has 0 aliphatic heterocycles. The van der Waals surface area contributed by atoms with Gasteiger partial charge in [-0.3, -0.25) is 0 Å². The summed E-state index contributed by atoms with van der Waals surface area (Å²) in [6.07, 6.45) is 4.18. The van der Waals surface area contributed by atoms with E-state index >= 15 is 0 Å². The van der Waals surface area contributed by atoms with Crippen LogP contribution in [0.3, 0.4) is 0 Å². The van der Waals surface area contributed by atoms with E-state index in [2.05, 4.69) is 13.8 Å². The van der Waals surface area contributed by atoms with Crippen LogP contribution in [0.15, 0.2) is 0 Å². The summed E-state index contributed by atoms with van der Waals surface area (Å²) in [5.74, 6) is 0. The van der Waals surface area contributed by atoms with E-state index in [0.717, 1.165) is 25.7 Å². The van der Waals surface area contributed by atoms with Gasteiger partial charge in [0.15, 0.2) is 0 Å². The summed E-state index contributed by atoms with van der Waals surface area (Å²) in [6, 6.07) is 0. The third kappa shape index (κ3) is 7.53. The second kappa shape index (κ2) is 11.8. The Morgan fingerprint density at radius 2 is 1.19 bits per heavy atom. The van der Waals surface area contributed by atoms with Crippen molar-refractivity contribution in [3.8, 4) is 0 Å². The average molecular weight is 269 g/mol. The predicted octanol–water partition coefficient (Wildman–Crippen LogP) is 0.897. The first-order valence-electron chi connectivity index (χ1n) is 5.62. The summed E-state index contributed by atoms with van der Waals surface area (Å²) >= 11 is 0. The first-order chi connectivity index (χ1) is 7.24. The van der Waals surface area contributed by atoms with Gasteiger partial charge in [0.1, 0.15) is 0 Å². The third-order valence-electron chi connectivity index (χ3n) is 2.05. The maximum Gasteiger partial charge on any atom is 0.679 e. The molecule has 0 amide bonds. The quantitative estimate of drug-likeness (QED) is 0.436. The van der Waals surface area contributed by atoms with Gasteiger partial charge in [0.25, 0.3) is 0 Å². The van der Waals surface area contributed by atoms with Gasteiger partial charge < -0.3 is 17.7 Å². The molecule has 0 aromatic carbocycles. The van der Waals surface area contributed by atoms with Crippen molar-refractivity contribution in [1.29, 1.82) is 0 Å². The molecular formula is C10H28O4Si2. The maximum atomic E-state index is 5.59. The van der Waals surface area contributed by atoms with Crippen molar-refractivity contribution in [2.24, 2.45) is 0 Å². The molecule has 0 N–H and O–H groups in total. The predicted molar refractivity (Wildman–Crippen MR) is 72.8 cm³/mol. The molecule has 0 saturated carbocycles. The molecule has 0 aromatic rings. The van der Waals surface area contributed by atoms with Crippen molar-refractivity contribution in [2.75, 3.05) is 27.4 Å². The van der Waals surface area contributed by atoms with Crippen LogP contribution in [0.5, 0.6) is 0 Å². The Bertz CT molecular complexity index is 131. The van der Waals surface area contributed by atoms with Crippen molar-refractivity contribution in [1.82, 2.24) is 0 Å². The molecule has 0 radical (unpaired) electrons. The topological polar surface area (TPSA) is 36.9 Å². The zero-order valence-corrected chi connectivity index (χ0v) is 11.4. The first kappa shape index (κ1) is 18.6. The van der Waals surface area contributed by atoms with Gasteiger partial charge in [0.05, 0.1) is 0 Å². The molecule has 0 rings (SSSR count). The molecule has 6 heteroatoms. The Hall–Kier alpha value is 0.274. The normalized spacial score (nSPS) is 11.2. The standard InChI is InChI=1S/C10H24O4Si.H4Si/c1-5-7-9-13-15(11-3,12-4)14-10-8-6-2;/h5-10H2,1-4H3;1H4. The molecule has 100 valence electrons. The van der Waals surface area contributed by atoms with Crippen molar-refractivity contribution < 1.29 is 17.7 Å². The fourth-order valence-electron chi connectivity index (χ4n) is 1.04. The van der Waals surface area contributed by atoms with Crippen molar-refractivity contribution in [2.45, 2.75) is 39.5 Å². The summed E-state index contributed by atoms with van der Waals surface area (Å²) in [5.41, 5.74) is 0. The van der Waals surface area contributed by atoms with E-state index in [1.54, 1.807) is 14.2 Å². The highest BCUT2D eigenvalue weighted by Gasteiger charge is 2.43. The Labute approximate surface area is 105 Å². The minimum absolute atomic E-state index is 0. The zero-order valence-electron chi connectivity index (χ0n) is 10.4. The molecule has 0 bridgehead atoms. The van der Waals surface area contributed by atoms with E-state index in [1.165, 1.54) is 0 Å². The van der Waals surface area contributed by atoms with Gasteiger partial charge in [0.2, 0.25) is 0 Å². The Balaban J connectivity index is 0. The second-order valence-electron chi connectivity index (χ2n) is 3.31. The van der Waals surface area contributed by atoms with E-state index in [1.807, 2.05) is 0 Å². The lowest BCUT2D eigenvalue weighted by atomic mass is 10.4. The lowest BCUT2D eigenvalue weighted by Gasteiger charge is -2.24. The van der Waals surface area contributed by atoms with E-state index in [-0.39, 0.29) is 11.0 Å². The van der Waals surface area contributed by atoms with Crippen LogP contribution in [0.25, 0.3) is 0 Å². The Morgan fingerprint density at radius 1 is 0.812 bits per heavy atom. The van der Waals surface area contributed by atoms with Crippen molar-refractivity contribution in [3.63, 3.8) is 0 Å². The molecule has 0 heterocycles. The van der Waals surface area contributed by atoms with Crippen LogP contribution in [0.1, 0.15) is 39.5 Å². The van der Waals surface area contributed by atoms with Crippen LogP contribution in [-0.2, 0) is 17.7 Å². The van der Waals surface area contributed by atoms with Crippen molar-refractivity contribution in [3.05, 3.63) is 0 Å². The second-order valence-corrected chi connectivity index (χ2v) is 5.71. The largest absolute Gasteiger partial charge is 0.679 e. The summed E-state index contributed by atoms with van der Waals surface area (Å²) in [6.45, 7) is 5.50. The average Bonchev–Trinajstić information content (AvgIpc) is 2.28. The molecule has 0 aliphatic rings. The minimum atomic E-state index is -2.82. The molecule has 0 aromatic heterocycles. The maximum absolute atomic E-state index is 5.59. The number of unbranched alkanes of at least 4 members (excludes halogenated alkanes) is 2. The van der Waals surface area contributed by atoms with Gasteiger partial charge in [-0.25, -0.2) is 0 Å². The van der Waals surface area contributed by atoms with Crippen molar-refractivity contribution >= 4 is 20.0 Å². The van der Waals surface area contributed by atoms with E-state index in [0.29, 0.717) is 13.2 Å². The third-order valence-corrected chi connectivity index (χ3v) is 4.17. The van der Waals surface area contributed by atoms with E-state index in [9.17, 15) is 0 Å². The minimum Gasteiger partial charge on any atom is -0.355 e. The van der Waals surface area contributed by atoms with Crippen LogP contribution in [0, 0.1) is 0 Å². The lowest BCUT2D eigenvalue weighted by molar-refractivity contribution is -0.0101. The molecule has 0 atom stereocenters.